The summed E-state index contributed by atoms with van der Waals surface area (Å²) in [7, 11) is 6.51. The number of rotatable bonds is 21. The molecule has 2 fully saturated rings. The Morgan fingerprint density at radius 1 is 0.906 bits per heavy atom. The molecule has 2 aliphatic rings. The van der Waals surface area contributed by atoms with Crippen molar-refractivity contribution >= 4 is 29.6 Å². The molecule has 1 aromatic rings. The lowest BCUT2D eigenvalue weighted by Crippen LogP contribution is -2.59. The molecule has 1 aliphatic carbocycles. The molecule has 11 atom stereocenters. The van der Waals surface area contributed by atoms with Gasteiger partial charge in [-0.1, -0.05) is 85.2 Å². The van der Waals surface area contributed by atoms with E-state index < -0.39 is 60.2 Å². The molecule has 13 nitrogen and oxygen atoms in total. The van der Waals surface area contributed by atoms with Crippen LogP contribution >= 0.6 is 0 Å². The number of ether oxygens (including phenoxy) is 2. The molecule has 13 heteroatoms. The van der Waals surface area contributed by atoms with Crippen LogP contribution in [0.1, 0.15) is 79.7 Å². The third kappa shape index (κ3) is 10.8. The fraction of sp³-hybridized carbons (Fsp3) is 0.725. The molecule has 4 amide bonds. The van der Waals surface area contributed by atoms with Crippen LogP contribution in [-0.4, -0.2) is 121 Å². The summed E-state index contributed by atoms with van der Waals surface area (Å²) in [4.78, 5) is 70.9. The number of methoxy groups -OCH3 is 2. The van der Waals surface area contributed by atoms with Crippen molar-refractivity contribution in [2.24, 2.45) is 29.6 Å². The number of piperidine rings is 1. The lowest BCUT2D eigenvalue weighted by atomic mass is 9.89. The third-order valence-corrected chi connectivity index (χ3v) is 11.5. The van der Waals surface area contributed by atoms with Crippen LogP contribution < -0.4 is 16.0 Å². The van der Waals surface area contributed by atoms with Crippen LogP contribution in [0.5, 0.6) is 0 Å². The average molecular weight is 744 g/mol. The first-order valence-corrected chi connectivity index (χ1v) is 19.2. The van der Waals surface area contributed by atoms with E-state index in [9.17, 15) is 29.1 Å². The topological polar surface area (TPSA) is 167 Å². The van der Waals surface area contributed by atoms with E-state index >= 15 is 0 Å². The van der Waals surface area contributed by atoms with Crippen molar-refractivity contribution in [2.45, 2.75) is 129 Å². The van der Waals surface area contributed by atoms with Crippen molar-refractivity contribution in [2.75, 3.05) is 28.3 Å². The fourth-order valence-corrected chi connectivity index (χ4v) is 8.10. The van der Waals surface area contributed by atoms with Crippen LogP contribution in [0.4, 0.5) is 0 Å². The maximum absolute atomic E-state index is 14.4. The summed E-state index contributed by atoms with van der Waals surface area (Å²) >= 11 is 0. The van der Waals surface area contributed by atoms with Gasteiger partial charge >= 0.3 is 5.97 Å². The summed E-state index contributed by atoms with van der Waals surface area (Å²) in [6, 6.07) is 5.92. The number of likely N-dealkylation sites (N-methyl/N-ethyl adjacent to an activating group) is 2. The third-order valence-electron chi connectivity index (χ3n) is 11.5. The van der Waals surface area contributed by atoms with Crippen LogP contribution in [0.25, 0.3) is 0 Å². The largest absolute Gasteiger partial charge is 0.480 e. The van der Waals surface area contributed by atoms with Gasteiger partial charge in [-0.15, -0.1) is 0 Å². The number of carbonyl (C=O) groups is 5. The Morgan fingerprint density at radius 2 is 1.53 bits per heavy atom. The molecule has 0 radical (unpaired) electrons. The molecule has 0 bridgehead atoms. The van der Waals surface area contributed by atoms with Gasteiger partial charge in [0, 0.05) is 33.7 Å². The first-order chi connectivity index (χ1) is 25.0. The summed E-state index contributed by atoms with van der Waals surface area (Å²) in [5.41, 5.74) is 0.789. The van der Waals surface area contributed by atoms with Gasteiger partial charge in [-0.25, -0.2) is 4.79 Å². The lowest BCUT2D eigenvalue weighted by molar-refractivity contribution is -0.149. The number of carbonyl (C=O) groups excluding carboxylic acids is 4. The molecule has 4 N–H and O–H groups in total. The average Bonchev–Trinajstić information content (AvgIpc) is 3.78. The Morgan fingerprint density at radius 3 is 2.04 bits per heavy atom. The van der Waals surface area contributed by atoms with Gasteiger partial charge in [0.15, 0.2) is 0 Å². The SMILES string of the molecule is CC[C@H](C)[C@@H]([C@@H](CC(=O)N1[C@H]2C[C@H]2C[C@H]1[C@H](OC)[C@@H](C)C(=O)N[C@@H](Cc1ccccc1)C(=O)O)OC)N(C)C(=O)[C@@H](NC(=O)[C@@H](NC)C(C)C)C(C)C. The maximum atomic E-state index is 14.4. The van der Waals surface area contributed by atoms with Crippen LogP contribution in [0, 0.1) is 29.6 Å². The lowest BCUT2D eigenvalue weighted by Gasteiger charge is -2.41. The second kappa shape index (κ2) is 19.7. The molecule has 3 rings (SSSR count). The summed E-state index contributed by atoms with van der Waals surface area (Å²) in [5, 5.41) is 18.6. The molecule has 0 unspecified atom stereocenters. The highest BCUT2D eigenvalue weighted by Crippen LogP contribution is 2.50. The number of nitrogens with one attached hydrogen (secondary N) is 3. The number of amides is 4. The predicted octanol–water partition coefficient (Wildman–Crippen LogP) is 3.10. The van der Waals surface area contributed by atoms with Crippen molar-refractivity contribution in [1.82, 2.24) is 25.8 Å². The highest BCUT2D eigenvalue weighted by Gasteiger charge is 2.57. The smallest absolute Gasteiger partial charge is 0.326 e. The van der Waals surface area contributed by atoms with Gasteiger partial charge in [0.25, 0.3) is 0 Å². The second-order valence-electron chi connectivity index (χ2n) is 15.8. The van der Waals surface area contributed by atoms with Gasteiger partial charge in [0.05, 0.1) is 42.7 Å². The fourth-order valence-electron chi connectivity index (χ4n) is 8.10. The number of carboxylic acids is 1. The molecule has 1 heterocycles. The first kappa shape index (κ1) is 43.9. The molecule has 1 saturated heterocycles. The van der Waals surface area contributed by atoms with E-state index in [4.69, 9.17) is 9.47 Å². The molecule has 0 aromatic heterocycles. The van der Waals surface area contributed by atoms with Crippen molar-refractivity contribution in [3.8, 4) is 0 Å². The van der Waals surface area contributed by atoms with Crippen LogP contribution in [0.3, 0.4) is 0 Å². The highest BCUT2D eigenvalue weighted by atomic mass is 16.5. The molecule has 1 aliphatic heterocycles. The zero-order valence-corrected chi connectivity index (χ0v) is 33.6. The van der Waals surface area contributed by atoms with E-state index in [0.717, 1.165) is 18.4 Å². The van der Waals surface area contributed by atoms with E-state index in [0.29, 0.717) is 12.3 Å². The molecule has 298 valence electrons. The van der Waals surface area contributed by atoms with Gasteiger partial charge in [0.2, 0.25) is 23.6 Å². The normalized spacial score (nSPS) is 22.5. The minimum Gasteiger partial charge on any atom is -0.480 e. The van der Waals surface area contributed by atoms with Gasteiger partial charge in [-0.3, -0.25) is 19.2 Å². The van der Waals surface area contributed by atoms with E-state index in [1.54, 1.807) is 33.0 Å². The summed E-state index contributed by atoms with van der Waals surface area (Å²) in [5.74, 6) is -2.89. The maximum Gasteiger partial charge on any atom is 0.326 e. The zero-order chi connectivity index (χ0) is 39.7. The summed E-state index contributed by atoms with van der Waals surface area (Å²) < 4.78 is 12.0. The van der Waals surface area contributed by atoms with Gasteiger partial charge in [-0.05, 0) is 49.1 Å². The Balaban J connectivity index is 1.80. The van der Waals surface area contributed by atoms with E-state index in [1.807, 2.05) is 76.8 Å². The molecule has 1 aromatic carbocycles. The highest BCUT2D eigenvalue weighted by molar-refractivity contribution is 5.90. The minimum atomic E-state index is -1.13. The number of hydrogen-bond acceptors (Lipinski definition) is 8. The quantitative estimate of drug-likeness (QED) is 0.148. The summed E-state index contributed by atoms with van der Waals surface area (Å²) in [6.45, 7) is 13.4. The summed E-state index contributed by atoms with van der Waals surface area (Å²) in [6.07, 6.45) is 1.08. The predicted molar refractivity (Wildman–Crippen MR) is 203 cm³/mol. The monoisotopic (exact) mass is 743 g/mol. The van der Waals surface area contributed by atoms with Crippen LogP contribution in [0.2, 0.25) is 0 Å². The molecular formula is C40H65N5O8. The van der Waals surface area contributed by atoms with Crippen molar-refractivity contribution < 1.29 is 38.6 Å². The van der Waals surface area contributed by atoms with Crippen molar-refractivity contribution in [1.29, 1.82) is 0 Å². The Hall–Kier alpha value is -3.55. The number of benzene rings is 1. The molecular weight excluding hydrogens is 678 g/mol. The van der Waals surface area contributed by atoms with Crippen molar-refractivity contribution in [3.05, 3.63) is 35.9 Å². The number of hydrogen-bond donors (Lipinski definition) is 4. The number of carboxylic acid groups (broad SMARTS) is 1. The number of likely N-dealkylation sites (tertiary alicyclic amines) is 1. The molecule has 1 saturated carbocycles. The van der Waals surface area contributed by atoms with E-state index in [1.165, 1.54) is 7.11 Å². The number of fused-ring (bicyclic) bond motifs is 1. The van der Waals surface area contributed by atoms with E-state index in [2.05, 4.69) is 16.0 Å². The number of aliphatic carboxylic acids is 1. The minimum absolute atomic E-state index is 0.00586. The van der Waals surface area contributed by atoms with Gasteiger partial charge in [-0.2, -0.15) is 0 Å². The molecule has 53 heavy (non-hydrogen) atoms. The second-order valence-corrected chi connectivity index (χ2v) is 15.8. The Kier molecular flexibility index (Phi) is 16.3. The van der Waals surface area contributed by atoms with Gasteiger partial charge < -0.3 is 40.3 Å². The number of nitrogens with zero attached hydrogens (tertiary/aromatic N) is 2. The van der Waals surface area contributed by atoms with E-state index in [-0.39, 0.29) is 54.4 Å². The molecule has 0 spiro atoms. The van der Waals surface area contributed by atoms with Crippen LogP contribution in [-0.2, 0) is 39.9 Å². The Bertz CT molecular complexity index is 1390. The standard InChI is InChI=1S/C40H65N5O8/c1-12-24(6)35(44(9)39(49)34(23(4)5)43-38(48)33(41-8)22(2)3)31(52-10)21-32(46)45-29-19-27(29)20-30(45)36(53-11)25(7)37(47)42-28(40(50)51)18-26-16-14-13-15-17-26/h13-17,22-25,27-31,33-36,41H,12,18-21H2,1-11H3,(H,42,47)(H,43,48)(H,50,51)/t24-,25+,27-,28-,29-,30-,31+,33-,34-,35-,36+/m0/s1. The van der Waals surface area contributed by atoms with Crippen molar-refractivity contribution in [3.63, 3.8) is 0 Å². The Labute approximate surface area is 316 Å². The van der Waals surface area contributed by atoms with Gasteiger partial charge in [0.1, 0.15) is 12.1 Å². The first-order valence-electron chi connectivity index (χ1n) is 19.2. The van der Waals surface area contributed by atoms with Crippen LogP contribution in [0.15, 0.2) is 30.3 Å². The zero-order valence-electron chi connectivity index (χ0n) is 33.6.